The molecule has 3 nitrogen and oxygen atoms in total. The first-order valence-electron chi connectivity index (χ1n) is 31.9. The van der Waals surface area contributed by atoms with Crippen LogP contribution in [0.25, 0.3) is 11.1 Å². The summed E-state index contributed by atoms with van der Waals surface area (Å²) in [6.45, 7) is 45.2. The lowest BCUT2D eigenvalue weighted by Gasteiger charge is -2.49. The lowest BCUT2D eigenvalue weighted by Crippen LogP contribution is -2.62. The average Bonchev–Trinajstić information content (AvgIpc) is 0.692. The van der Waals surface area contributed by atoms with Crippen LogP contribution in [0.5, 0.6) is 0 Å². The lowest BCUT2D eigenvalue weighted by atomic mass is 9.33. The van der Waals surface area contributed by atoms with Crippen LogP contribution in [-0.4, -0.2) is 6.71 Å². The quantitative estimate of drug-likeness (QED) is 0.154. The molecule has 2 heterocycles. The van der Waals surface area contributed by atoms with Gasteiger partial charge in [0.25, 0.3) is 6.71 Å². The second kappa shape index (κ2) is 19.5. The van der Waals surface area contributed by atoms with E-state index in [0.29, 0.717) is 0 Å². The van der Waals surface area contributed by atoms with Crippen molar-refractivity contribution < 1.29 is 0 Å². The van der Waals surface area contributed by atoms with Gasteiger partial charge in [0, 0.05) is 61.9 Å². The van der Waals surface area contributed by atoms with Gasteiger partial charge in [-0.25, -0.2) is 0 Å². The molecule has 9 aromatic rings. The maximum atomic E-state index is 2.70. The molecule has 0 amide bonds. The van der Waals surface area contributed by atoms with Crippen molar-refractivity contribution in [1.29, 1.82) is 0 Å². The normalized spacial score (nSPS) is 16.8. The topological polar surface area (TPSA) is 9.72 Å². The van der Waals surface area contributed by atoms with Crippen molar-refractivity contribution in [3.05, 3.63) is 237 Å². The van der Waals surface area contributed by atoms with E-state index in [1.54, 1.807) is 0 Å². The highest BCUT2D eigenvalue weighted by atomic mass is 15.2. The third-order valence-electron chi connectivity index (χ3n) is 20.8. The van der Waals surface area contributed by atoms with E-state index in [4.69, 9.17) is 0 Å². The first-order valence-corrected chi connectivity index (χ1v) is 31.9. The Bertz CT molecular complexity index is 4130. The van der Waals surface area contributed by atoms with Crippen molar-refractivity contribution in [1.82, 2.24) is 0 Å². The molecule has 0 fully saturated rings. The van der Waals surface area contributed by atoms with Crippen molar-refractivity contribution in [3.8, 4) is 11.1 Å². The predicted octanol–water partition coefficient (Wildman–Crippen LogP) is 20.7. The summed E-state index contributed by atoms with van der Waals surface area (Å²) < 4.78 is 0. The number of hydrogen-bond donors (Lipinski definition) is 0. The molecule has 0 radical (unpaired) electrons. The molecule has 2 aliphatic carbocycles. The SMILES string of the molecule is Cc1cc2c3c(c1)N(c1ccc(C(C)(C)C)cc1-c1ccccc1)c1cc4c(cc1B3c1cc(N(c3ccc(C(C)(C)C)cc3)c3ccc(C(C)(C)C)cc3)ccc1N2c1cc2c(cc1C)C(C)(C)CCC2(C)C)C(C)(C)c1ccccc1C4(C)C. The van der Waals surface area contributed by atoms with Gasteiger partial charge in [0.05, 0.1) is 5.69 Å². The van der Waals surface area contributed by atoms with Crippen molar-refractivity contribution in [2.75, 3.05) is 14.7 Å². The number of rotatable bonds is 6. The van der Waals surface area contributed by atoms with Gasteiger partial charge in [-0.05, 0) is 216 Å². The van der Waals surface area contributed by atoms with Crippen LogP contribution >= 0.6 is 0 Å². The van der Waals surface area contributed by atoms with Crippen LogP contribution < -0.4 is 31.1 Å². The minimum Gasteiger partial charge on any atom is -0.311 e. The molecule has 13 rings (SSSR count). The van der Waals surface area contributed by atoms with E-state index in [0.717, 1.165) is 23.5 Å². The Morgan fingerprint density at radius 2 is 0.814 bits per heavy atom. The van der Waals surface area contributed by atoms with Crippen molar-refractivity contribution in [3.63, 3.8) is 0 Å². The minimum atomic E-state index is -0.275. The molecule has 436 valence electrons. The van der Waals surface area contributed by atoms with Gasteiger partial charge in [-0.15, -0.1) is 0 Å². The number of nitrogens with zero attached hydrogens (tertiary/aromatic N) is 3. The highest BCUT2D eigenvalue weighted by molar-refractivity contribution is 7.00. The molecule has 0 saturated heterocycles. The van der Waals surface area contributed by atoms with Gasteiger partial charge in [-0.1, -0.05) is 215 Å². The minimum absolute atomic E-state index is 0.0109. The number of fused-ring (bicyclic) bond motifs is 7. The molecule has 0 N–H and O–H groups in total. The first kappa shape index (κ1) is 57.5. The summed E-state index contributed by atoms with van der Waals surface area (Å²) in [4.78, 5) is 7.91. The first-order chi connectivity index (χ1) is 40.4. The summed E-state index contributed by atoms with van der Waals surface area (Å²) in [5.74, 6) is 0. The van der Waals surface area contributed by atoms with E-state index in [-0.39, 0.29) is 44.6 Å². The zero-order valence-electron chi connectivity index (χ0n) is 55.1. The van der Waals surface area contributed by atoms with E-state index in [2.05, 4.69) is 322 Å². The molecule has 0 aromatic heterocycles. The Hall–Kier alpha value is -7.56. The lowest BCUT2D eigenvalue weighted by molar-refractivity contribution is 0.332. The predicted molar refractivity (Wildman–Crippen MR) is 372 cm³/mol. The summed E-state index contributed by atoms with van der Waals surface area (Å²) in [6, 6.07) is 69.5. The molecule has 2 aliphatic heterocycles. The summed E-state index contributed by atoms with van der Waals surface area (Å²) in [5, 5.41) is 0. The van der Waals surface area contributed by atoms with Crippen LogP contribution in [0.15, 0.2) is 176 Å². The molecule has 4 heteroatoms. The van der Waals surface area contributed by atoms with Crippen molar-refractivity contribution in [2.45, 2.75) is 182 Å². The zero-order valence-corrected chi connectivity index (χ0v) is 55.1. The molecular formula is C82H90BN3. The van der Waals surface area contributed by atoms with Crippen molar-refractivity contribution in [2.24, 2.45) is 0 Å². The second-order valence-electron chi connectivity index (χ2n) is 31.5. The maximum absolute atomic E-state index is 2.70. The highest BCUT2D eigenvalue weighted by Crippen LogP contribution is 2.56. The van der Waals surface area contributed by atoms with Crippen LogP contribution in [0, 0.1) is 13.8 Å². The van der Waals surface area contributed by atoms with Gasteiger partial charge in [0.2, 0.25) is 0 Å². The van der Waals surface area contributed by atoms with Gasteiger partial charge < -0.3 is 14.7 Å². The molecule has 0 unspecified atom stereocenters. The summed E-state index contributed by atoms with van der Waals surface area (Å²) in [7, 11) is 0. The Morgan fingerprint density at radius 1 is 0.372 bits per heavy atom. The number of aryl methyl sites for hydroxylation is 2. The Morgan fingerprint density at radius 3 is 1.35 bits per heavy atom. The van der Waals surface area contributed by atoms with Gasteiger partial charge in [-0.2, -0.15) is 0 Å². The maximum Gasteiger partial charge on any atom is 0.252 e. The molecule has 0 saturated carbocycles. The molecular weight excluding hydrogens is 1040 g/mol. The van der Waals surface area contributed by atoms with Gasteiger partial charge in [0.1, 0.15) is 0 Å². The van der Waals surface area contributed by atoms with E-state index in [9.17, 15) is 0 Å². The Balaban J connectivity index is 1.16. The molecule has 86 heavy (non-hydrogen) atoms. The fraction of sp³-hybridized carbons (Fsp3) is 0.341. The van der Waals surface area contributed by atoms with Gasteiger partial charge >= 0.3 is 0 Å². The average molecular weight is 1130 g/mol. The third kappa shape index (κ3) is 9.12. The zero-order chi connectivity index (χ0) is 61.2. The second-order valence-corrected chi connectivity index (χ2v) is 31.5. The van der Waals surface area contributed by atoms with Crippen LogP contribution in [-0.2, 0) is 37.9 Å². The highest BCUT2D eigenvalue weighted by Gasteiger charge is 2.49. The van der Waals surface area contributed by atoms with Gasteiger partial charge in [0.15, 0.2) is 0 Å². The Labute approximate surface area is 516 Å². The molecule has 0 spiro atoms. The van der Waals surface area contributed by atoms with E-state index >= 15 is 0 Å². The number of hydrogen-bond acceptors (Lipinski definition) is 3. The molecule has 0 atom stereocenters. The van der Waals surface area contributed by atoms with E-state index < -0.39 is 0 Å². The number of anilines is 9. The van der Waals surface area contributed by atoms with Crippen LogP contribution in [0.3, 0.4) is 0 Å². The fourth-order valence-electron chi connectivity index (χ4n) is 15.4. The monoisotopic (exact) mass is 1130 g/mol. The van der Waals surface area contributed by atoms with Crippen LogP contribution in [0.1, 0.15) is 192 Å². The molecule has 0 bridgehead atoms. The fourth-order valence-corrected chi connectivity index (χ4v) is 15.4. The van der Waals surface area contributed by atoms with Crippen molar-refractivity contribution >= 4 is 74.3 Å². The smallest absolute Gasteiger partial charge is 0.252 e. The largest absolute Gasteiger partial charge is 0.311 e. The van der Waals surface area contributed by atoms with Gasteiger partial charge in [-0.3, -0.25) is 0 Å². The molecule has 9 aromatic carbocycles. The third-order valence-corrected chi connectivity index (χ3v) is 20.8. The van der Waals surface area contributed by atoms with E-state index in [1.165, 1.54) is 129 Å². The molecule has 4 aliphatic rings. The summed E-state index contributed by atoms with van der Waals surface area (Å²) in [5.41, 5.74) is 31.8. The summed E-state index contributed by atoms with van der Waals surface area (Å²) >= 11 is 0. The van der Waals surface area contributed by atoms with Crippen LogP contribution in [0.2, 0.25) is 0 Å². The summed E-state index contributed by atoms with van der Waals surface area (Å²) in [6.07, 6.45) is 2.31. The Kier molecular flexibility index (Phi) is 13.0. The van der Waals surface area contributed by atoms with Crippen LogP contribution in [0.4, 0.5) is 51.2 Å². The number of benzene rings is 9. The standard InChI is InChI=1S/C82H90BN3/c1-51-43-73-75-74(44-51)86(71-49-64-63(45-52(71)2)79(12,13)41-42-80(64,14)15)70-40-38-59(84(57-34-29-54(30-35-57)76(3,4)5)58-36-31-55(32-37-58)77(6,7)8)47-67(70)83(75)68-48-65-66(82(18,19)62-28-24-23-27-61(62)81(65,16)17)50-72(68)85(73)69-39-33-56(78(9,10)11)46-60(69)53-25-21-20-22-26-53/h20-40,43-50H,41-42H2,1-19H3. The van der Waals surface area contributed by atoms with E-state index in [1.807, 2.05) is 0 Å².